The Morgan fingerprint density at radius 3 is 2.48 bits per heavy atom. The maximum atomic E-state index is 11.4. The molecule has 1 heterocycles. The molecule has 3 rings (SSSR count). The smallest absolute Gasteiger partial charge is 0.258 e. The third kappa shape index (κ3) is 2.53. The molecule has 0 amide bonds. The molecule has 5 nitrogen and oxygen atoms in total. The maximum Gasteiger partial charge on any atom is 0.329 e. The summed E-state index contributed by atoms with van der Waals surface area (Å²) < 4.78 is 1.48. The minimum absolute atomic E-state index is 0.0378. The van der Waals surface area contributed by atoms with E-state index in [1.165, 1.54) is 4.68 Å². The molecule has 1 aliphatic rings. The summed E-state index contributed by atoms with van der Waals surface area (Å²) in [5.41, 5.74) is 2.36. The molecule has 110 valence electrons. The van der Waals surface area contributed by atoms with E-state index in [1.807, 2.05) is 31.2 Å². The number of hydrogen-bond donors (Lipinski definition) is 0. The second-order valence-corrected chi connectivity index (χ2v) is 5.87. The van der Waals surface area contributed by atoms with Crippen LogP contribution in [0.1, 0.15) is 42.9 Å². The van der Waals surface area contributed by atoms with Crippen molar-refractivity contribution in [3.63, 3.8) is 0 Å². The fraction of sp³-hybridized carbons (Fsp3) is 0.400. The first-order valence-corrected chi connectivity index (χ1v) is 7.45. The molecular formula is C15H16ClN3O2. The number of nitro groups is 1. The quantitative estimate of drug-likeness (QED) is 0.623. The lowest BCUT2D eigenvalue weighted by Gasteiger charge is -2.04. The van der Waals surface area contributed by atoms with E-state index in [0.717, 1.165) is 36.9 Å². The summed E-state index contributed by atoms with van der Waals surface area (Å²) in [6, 6.07) is 7.62. The Morgan fingerprint density at radius 2 is 1.90 bits per heavy atom. The highest BCUT2D eigenvalue weighted by Gasteiger charge is 2.33. The van der Waals surface area contributed by atoms with Crippen LogP contribution in [0.15, 0.2) is 24.3 Å². The zero-order chi connectivity index (χ0) is 15.0. The second kappa shape index (κ2) is 5.48. The van der Waals surface area contributed by atoms with Gasteiger partial charge in [0.1, 0.15) is 5.69 Å². The van der Waals surface area contributed by atoms with E-state index in [2.05, 4.69) is 5.10 Å². The van der Waals surface area contributed by atoms with E-state index in [0.29, 0.717) is 5.69 Å². The molecule has 1 aliphatic carbocycles. The fourth-order valence-electron chi connectivity index (χ4n) is 2.91. The summed E-state index contributed by atoms with van der Waals surface area (Å²) in [4.78, 5) is 11.0. The van der Waals surface area contributed by atoms with Crippen LogP contribution in [0.3, 0.4) is 0 Å². The van der Waals surface area contributed by atoms with Crippen LogP contribution >= 0.6 is 11.6 Å². The molecule has 0 atom stereocenters. The average Bonchev–Trinajstić information content (AvgIpc) is 3.07. The Bertz CT molecular complexity index is 673. The van der Waals surface area contributed by atoms with Gasteiger partial charge in [0.2, 0.25) is 5.15 Å². The summed E-state index contributed by atoms with van der Waals surface area (Å²) in [5, 5.41) is 15.9. The molecule has 0 bridgehead atoms. The zero-order valence-electron chi connectivity index (χ0n) is 11.8. The minimum Gasteiger partial charge on any atom is -0.258 e. The van der Waals surface area contributed by atoms with E-state index in [4.69, 9.17) is 11.6 Å². The molecule has 0 saturated heterocycles. The van der Waals surface area contributed by atoms with Crippen LogP contribution in [0.4, 0.5) is 5.69 Å². The highest BCUT2D eigenvalue weighted by molar-refractivity contribution is 6.32. The van der Waals surface area contributed by atoms with Crippen molar-refractivity contribution in [3.05, 3.63) is 50.8 Å². The topological polar surface area (TPSA) is 61.0 Å². The third-order valence-electron chi connectivity index (χ3n) is 4.03. The van der Waals surface area contributed by atoms with Crippen LogP contribution in [0.2, 0.25) is 5.15 Å². The SMILES string of the molecule is Cc1ccc(-n2nc(C3CCCC3)c([N+](=O)[O-])c2Cl)cc1. The molecule has 0 aliphatic heterocycles. The monoisotopic (exact) mass is 305 g/mol. The van der Waals surface area contributed by atoms with Gasteiger partial charge < -0.3 is 0 Å². The van der Waals surface area contributed by atoms with Crippen LogP contribution in [0.5, 0.6) is 0 Å². The van der Waals surface area contributed by atoms with Gasteiger partial charge in [0.25, 0.3) is 0 Å². The number of hydrogen-bond acceptors (Lipinski definition) is 3. The van der Waals surface area contributed by atoms with E-state index in [-0.39, 0.29) is 16.8 Å². The average molecular weight is 306 g/mol. The van der Waals surface area contributed by atoms with Gasteiger partial charge >= 0.3 is 5.69 Å². The Morgan fingerprint density at radius 1 is 1.29 bits per heavy atom. The van der Waals surface area contributed by atoms with Crippen molar-refractivity contribution < 1.29 is 4.92 Å². The number of aryl methyl sites for hydroxylation is 1. The van der Waals surface area contributed by atoms with E-state index in [9.17, 15) is 10.1 Å². The molecule has 0 unspecified atom stereocenters. The molecule has 1 aromatic heterocycles. The highest BCUT2D eigenvalue weighted by atomic mass is 35.5. The Kier molecular flexibility index (Phi) is 3.68. The molecule has 0 spiro atoms. The maximum absolute atomic E-state index is 11.4. The van der Waals surface area contributed by atoms with Crippen molar-refractivity contribution in [2.75, 3.05) is 0 Å². The van der Waals surface area contributed by atoms with Gasteiger partial charge in [0, 0.05) is 5.92 Å². The lowest BCUT2D eigenvalue weighted by molar-refractivity contribution is -0.385. The van der Waals surface area contributed by atoms with Gasteiger partial charge in [-0.05, 0) is 31.9 Å². The van der Waals surface area contributed by atoms with Gasteiger partial charge in [-0.2, -0.15) is 5.10 Å². The van der Waals surface area contributed by atoms with Crippen molar-refractivity contribution in [1.29, 1.82) is 0 Å². The first-order chi connectivity index (χ1) is 10.1. The summed E-state index contributed by atoms with van der Waals surface area (Å²) >= 11 is 6.24. The number of halogens is 1. The van der Waals surface area contributed by atoms with Crippen molar-refractivity contribution in [2.24, 2.45) is 0 Å². The van der Waals surface area contributed by atoms with Gasteiger partial charge in [-0.1, -0.05) is 42.1 Å². The lowest BCUT2D eigenvalue weighted by atomic mass is 10.0. The van der Waals surface area contributed by atoms with Gasteiger partial charge in [0.15, 0.2) is 0 Å². The lowest BCUT2D eigenvalue weighted by Crippen LogP contribution is -2.00. The summed E-state index contributed by atoms with van der Waals surface area (Å²) in [7, 11) is 0. The molecule has 6 heteroatoms. The van der Waals surface area contributed by atoms with Crippen LogP contribution in [0, 0.1) is 17.0 Å². The van der Waals surface area contributed by atoms with Crippen LogP contribution in [-0.2, 0) is 0 Å². The third-order valence-corrected chi connectivity index (χ3v) is 4.37. The predicted molar refractivity (Wildman–Crippen MR) is 81.2 cm³/mol. The molecule has 1 fully saturated rings. The largest absolute Gasteiger partial charge is 0.329 e. The van der Waals surface area contributed by atoms with Gasteiger partial charge in [0.05, 0.1) is 10.6 Å². The molecule has 21 heavy (non-hydrogen) atoms. The first kappa shape index (κ1) is 14.1. The van der Waals surface area contributed by atoms with E-state index >= 15 is 0 Å². The Hall–Kier alpha value is -1.88. The molecule has 1 saturated carbocycles. The minimum atomic E-state index is -0.409. The number of nitrogens with zero attached hydrogens (tertiary/aromatic N) is 3. The predicted octanol–water partition coefficient (Wildman–Crippen LogP) is 4.40. The van der Waals surface area contributed by atoms with Crippen LogP contribution in [0.25, 0.3) is 5.69 Å². The van der Waals surface area contributed by atoms with E-state index < -0.39 is 4.92 Å². The summed E-state index contributed by atoms with van der Waals surface area (Å²) in [6.45, 7) is 1.99. The molecule has 0 radical (unpaired) electrons. The first-order valence-electron chi connectivity index (χ1n) is 7.08. The van der Waals surface area contributed by atoms with Gasteiger partial charge in [-0.3, -0.25) is 10.1 Å². The van der Waals surface area contributed by atoms with Crippen LogP contribution in [-0.4, -0.2) is 14.7 Å². The van der Waals surface area contributed by atoms with Gasteiger partial charge in [-0.25, -0.2) is 4.68 Å². The summed E-state index contributed by atoms with van der Waals surface area (Å²) in [5.74, 6) is 0.148. The van der Waals surface area contributed by atoms with Gasteiger partial charge in [-0.15, -0.1) is 0 Å². The Labute approximate surface area is 127 Å². The highest BCUT2D eigenvalue weighted by Crippen LogP contribution is 2.41. The number of rotatable bonds is 3. The Balaban J connectivity index is 2.11. The molecule has 1 aromatic carbocycles. The second-order valence-electron chi connectivity index (χ2n) is 5.51. The zero-order valence-corrected chi connectivity index (χ0v) is 12.5. The number of aromatic nitrogens is 2. The molecule has 0 N–H and O–H groups in total. The standard InChI is InChI=1S/C15H16ClN3O2/c1-10-6-8-12(9-7-10)18-15(16)14(19(20)21)13(17-18)11-4-2-3-5-11/h6-9,11H,2-5H2,1H3. The number of benzene rings is 1. The molecular weight excluding hydrogens is 290 g/mol. The normalized spacial score (nSPS) is 15.5. The van der Waals surface area contributed by atoms with Crippen molar-refractivity contribution >= 4 is 17.3 Å². The van der Waals surface area contributed by atoms with Crippen LogP contribution < -0.4 is 0 Å². The van der Waals surface area contributed by atoms with E-state index in [1.54, 1.807) is 0 Å². The van der Waals surface area contributed by atoms with Crippen molar-refractivity contribution in [2.45, 2.75) is 38.5 Å². The van der Waals surface area contributed by atoms with Crippen molar-refractivity contribution in [3.8, 4) is 5.69 Å². The van der Waals surface area contributed by atoms with Crippen molar-refractivity contribution in [1.82, 2.24) is 9.78 Å². The molecule has 2 aromatic rings. The fourth-order valence-corrected chi connectivity index (χ4v) is 3.21. The summed E-state index contributed by atoms with van der Waals surface area (Å²) in [6.07, 6.45) is 4.08.